The molecule has 1 amide bonds. The molecule has 0 saturated carbocycles. The summed E-state index contributed by atoms with van der Waals surface area (Å²) in [6, 6.07) is 5.34. The number of halogens is 2. The van der Waals surface area contributed by atoms with Crippen LogP contribution in [0.5, 0.6) is 0 Å². The molecule has 1 N–H and O–H groups in total. The van der Waals surface area contributed by atoms with Crippen molar-refractivity contribution in [3.8, 4) is 0 Å². The van der Waals surface area contributed by atoms with Gasteiger partial charge in [-0.3, -0.25) is 4.79 Å². The van der Waals surface area contributed by atoms with E-state index in [9.17, 15) is 4.79 Å². The van der Waals surface area contributed by atoms with Crippen LogP contribution >= 0.6 is 27.5 Å². The van der Waals surface area contributed by atoms with Crippen molar-refractivity contribution in [1.82, 2.24) is 0 Å². The van der Waals surface area contributed by atoms with Crippen molar-refractivity contribution >= 4 is 39.1 Å². The molecule has 0 aliphatic carbocycles. The number of rotatable bonds is 6. The molecule has 0 unspecified atom stereocenters. The lowest BCUT2D eigenvalue weighted by Gasteiger charge is -2.08. The maximum Gasteiger partial charge on any atom is 0.226 e. The molecule has 0 bridgehead atoms. The Kier molecular flexibility index (Phi) is 6.55. The Morgan fingerprint density at radius 2 is 2.24 bits per heavy atom. The predicted octanol–water partition coefficient (Wildman–Crippen LogP) is 3.86. The van der Waals surface area contributed by atoms with E-state index in [-0.39, 0.29) is 5.91 Å². The van der Waals surface area contributed by atoms with Crippen LogP contribution in [0.3, 0.4) is 0 Å². The largest absolute Gasteiger partial charge is 0.381 e. The Balaban J connectivity index is 2.43. The summed E-state index contributed by atoms with van der Waals surface area (Å²) in [5.74, 6) is -0.0796. The molecule has 0 atom stereocenters. The lowest BCUT2D eigenvalue weighted by atomic mass is 10.3. The van der Waals surface area contributed by atoms with Crippen LogP contribution in [-0.4, -0.2) is 19.1 Å². The smallest absolute Gasteiger partial charge is 0.226 e. The second kappa shape index (κ2) is 7.69. The van der Waals surface area contributed by atoms with Crippen molar-refractivity contribution in [2.45, 2.75) is 19.8 Å². The van der Waals surface area contributed by atoms with Crippen LogP contribution in [0.15, 0.2) is 22.7 Å². The van der Waals surface area contributed by atoms with Crippen LogP contribution in [-0.2, 0) is 9.53 Å². The molecule has 5 heteroatoms. The number of anilines is 1. The van der Waals surface area contributed by atoms with Crippen molar-refractivity contribution < 1.29 is 9.53 Å². The molecule has 0 spiro atoms. The van der Waals surface area contributed by atoms with Crippen LogP contribution < -0.4 is 5.32 Å². The molecule has 0 saturated heterocycles. The lowest BCUT2D eigenvalue weighted by molar-refractivity contribution is -0.117. The maximum atomic E-state index is 11.6. The van der Waals surface area contributed by atoms with E-state index in [2.05, 4.69) is 21.2 Å². The normalized spacial score (nSPS) is 10.3. The Hall–Kier alpha value is -0.580. The van der Waals surface area contributed by atoms with E-state index >= 15 is 0 Å². The summed E-state index contributed by atoms with van der Waals surface area (Å²) < 4.78 is 5.95. The highest BCUT2D eigenvalue weighted by atomic mass is 79.9. The van der Waals surface area contributed by atoms with Gasteiger partial charge in [0.2, 0.25) is 5.91 Å². The zero-order valence-corrected chi connectivity index (χ0v) is 12.0. The van der Waals surface area contributed by atoms with E-state index in [0.29, 0.717) is 34.8 Å². The second-order valence-corrected chi connectivity index (χ2v) is 4.71. The Morgan fingerprint density at radius 1 is 1.47 bits per heavy atom. The Morgan fingerprint density at radius 3 is 2.94 bits per heavy atom. The first-order chi connectivity index (χ1) is 8.15. The summed E-state index contributed by atoms with van der Waals surface area (Å²) in [4.78, 5) is 11.6. The zero-order valence-electron chi connectivity index (χ0n) is 9.63. The first-order valence-electron chi connectivity index (χ1n) is 5.46. The molecule has 1 rings (SSSR count). The summed E-state index contributed by atoms with van der Waals surface area (Å²) >= 11 is 9.24. The number of carbonyl (C=O) groups excluding carboxylic acids is 1. The van der Waals surface area contributed by atoms with Gasteiger partial charge in [0.25, 0.3) is 0 Å². The first kappa shape index (κ1) is 14.5. The molecule has 0 aliphatic rings. The molecule has 0 radical (unpaired) electrons. The summed E-state index contributed by atoms with van der Waals surface area (Å²) in [5, 5.41) is 3.35. The van der Waals surface area contributed by atoms with Gasteiger partial charge in [-0.2, -0.15) is 0 Å². The van der Waals surface area contributed by atoms with Crippen molar-refractivity contribution in [1.29, 1.82) is 0 Å². The lowest BCUT2D eigenvalue weighted by Crippen LogP contribution is -2.14. The summed E-state index contributed by atoms with van der Waals surface area (Å²) in [7, 11) is 0. The predicted molar refractivity (Wildman–Crippen MR) is 73.5 cm³/mol. The Bertz CT molecular complexity index is 385. The van der Waals surface area contributed by atoms with E-state index in [1.54, 1.807) is 18.2 Å². The number of carbonyl (C=O) groups is 1. The second-order valence-electron chi connectivity index (χ2n) is 3.51. The van der Waals surface area contributed by atoms with Gasteiger partial charge in [-0.15, -0.1) is 0 Å². The third-order valence-electron chi connectivity index (χ3n) is 2.05. The zero-order chi connectivity index (χ0) is 12.7. The minimum Gasteiger partial charge on any atom is -0.381 e. The van der Waals surface area contributed by atoms with Gasteiger partial charge in [-0.25, -0.2) is 0 Å². The quantitative estimate of drug-likeness (QED) is 0.808. The summed E-state index contributed by atoms with van der Waals surface area (Å²) in [6.07, 6.45) is 1.31. The fourth-order valence-corrected chi connectivity index (χ4v) is 1.76. The fraction of sp³-hybridized carbons (Fsp3) is 0.417. The molecular formula is C12H15BrClNO2. The van der Waals surface area contributed by atoms with Crippen molar-refractivity contribution in [3.63, 3.8) is 0 Å². The van der Waals surface area contributed by atoms with E-state index in [0.717, 1.165) is 6.42 Å². The van der Waals surface area contributed by atoms with E-state index < -0.39 is 0 Å². The Labute approximate surface area is 115 Å². The SMILES string of the molecule is CCCOCCC(=O)Nc1cccc(Cl)c1Br. The van der Waals surface area contributed by atoms with Crippen molar-refractivity contribution in [2.24, 2.45) is 0 Å². The van der Waals surface area contributed by atoms with E-state index in [4.69, 9.17) is 16.3 Å². The van der Waals surface area contributed by atoms with Gasteiger partial charge in [0.15, 0.2) is 0 Å². The highest BCUT2D eigenvalue weighted by Gasteiger charge is 2.07. The third-order valence-corrected chi connectivity index (χ3v) is 3.45. The summed E-state index contributed by atoms with van der Waals surface area (Å²) in [6.45, 7) is 3.16. The van der Waals surface area contributed by atoms with Crippen molar-refractivity contribution in [3.05, 3.63) is 27.7 Å². The number of nitrogens with one attached hydrogen (secondary N) is 1. The molecule has 3 nitrogen and oxygen atoms in total. The number of hydrogen-bond donors (Lipinski definition) is 1. The molecule has 1 aromatic rings. The van der Waals surface area contributed by atoms with Crippen molar-refractivity contribution in [2.75, 3.05) is 18.5 Å². The van der Waals surface area contributed by atoms with Gasteiger partial charge < -0.3 is 10.1 Å². The molecular weight excluding hydrogens is 305 g/mol. The minimum absolute atomic E-state index is 0.0796. The van der Waals surface area contributed by atoms with Gasteiger partial charge in [0.05, 0.1) is 28.2 Å². The number of benzene rings is 1. The number of hydrogen-bond acceptors (Lipinski definition) is 2. The molecule has 0 aliphatic heterocycles. The van der Waals surface area contributed by atoms with Gasteiger partial charge in [0, 0.05) is 6.61 Å². The van der Waals surface area contributed by atoms with Crippen LogP contribution in [0, 0.1) is 0 Å². The topological polar surface area (TPSA) is 38.3 Å². The van der Waals surface area contributed by atoms with E-state index in [1.165, 1.54) is 0 Å². The molecule has 0 heterocycles. The van der Waals surface area contributed by atoms with Crippen LogP contribution in [0.1, 0.15) is 19.8 Å². The minimum atomic E-state index is -0.0796. The third kappa shape index (κ3) is 5.06. The molecule has 94 valence electrons. The van der Waals surface area contributed by atoms with Gasteiger partial charge in [0.1, 0.15) is 0 Å². The molecule has 1 aromatic carbocycles. The summed E-state index contributed by atoms with van der Waals surface area (Å²) in [5.41, 5.74) is 0.679. The van der Waals surface area contributed by atoms with Gasteiger partial charge in [-0.1, -0.05) is 24.6 Å². The number of ether oxygens (including phenoxy) is 1. The molecule has 0 aromatic heterocycles. The van der Waals surface area contributed by atoms with Crippen LogP contribution in [0.25, 0.3) is 0 Å². The van der Waals surface area contributed by atoms with Gasteiger partial charge in [-0.05, 0) is 34.5 Å². The average Bonchev–Trinajstić information content (AvgIpc) is 2.31. The standard InChI is InChI=1S/C12H15BrClNO2/c1-2-7-17-8-6-11(16)15-10-5-3-4-9(14)12(10)13/h3-5H,2,6-8H2,1H3,(H,15,16). The molecule has 0 fully saturated rings. The maximum absolute atomic E-state index is 11.6. The highest BCUT2D eigenvalue weighted by Crippen LogP contribution is 2.29. The molecule has 17 heavy (non-hydrogen) atoms. The average molecular weight is 321 g/mol. The monoisotopic (exact) mass is 319 g/mol. The fourth-order valence-electron chi connectivity index (χ4n) is 1.22. The highest BCUT2D eigenvalue weighted by molar-refractivity contribution is 9.10. The first-order valence-corrected chi connectivity index (χ1v) is 6.64. The van der Waals surface area contributed by atoms with Crippen LogP contribution in [0.2, 0.25) is 5.02 Å². The van der Waals surface area contributed by atoms with E-state index in [1.807, 2.05) is 6.92 Å². The number of amides is 1. The van der Waals surface area contributed by atoms with Gasteiger partial charge >= 0.3 is 0 Å². The van der Waals surface area contributed by atoms with Crippen LogP contribution in [0.4, 0.5) is 5.69 Å².